The summed E-state index contributed by atoms with van der Waals surface area (Å²) in [6.45, 7) is 8.55. The molecule has 0 rings (SSSR count). The summed E-state index contributed by atoms with van der Waals surface area (Å²) < 4.78 is 42.7. The van der Waals surface area contributed by atoms with Crippen LogP contribution in [-0.4, -0.2) is 37.5 Å². The Labute approximate surface area is 118 Å². The zero-order chi connectivity index (χ0) is 16.0. The van der Waals surface area contributed by atoms with Gasteiger partial charge in [0.2, 0.25) is 0 Å². The second-order valence-corrected chi connectivity index (χ2v) is 6.31. The minimum absolute atomic E-state index is 0.0110. The highest BCUT2D eigenvalue weighted by Gasteiger charge is 2.46. The average Bonchev–Trinajstić information content (AvgIpc) is 2.18. The number of alkyl halides is 3. The number of amides is 1. The lowest BCUT2D eigenvalue weighted by Gasteiger charge is -2.27. The third-order valence-electron chi connectivity index (χ3n) is 2.66. The monoisotopic (exact) mass is 298 g/mol. The zero-order valence-corrected chi connectivity index (χ0v) is 12.8. The minimum atomic E-state index is -4.20. The van der Waals surface area contributed by atoms with Crippen LogP contribution in [0.2, 0.25) is 0 Å². The molecule has 7 heteroatoms. The van der Waals surface area contributed by atoms with E-state index in [0.29, 0.717) is 13.1 Å². The van der Waals surface area contributed by atoms with Crippen LogP contribution in [0.1, 0.15) is 41.0 Å². The van der Waals surface area contributed by atoms with Crippen molar-refractivity contribution in [2.45, 2.75) is 52.8 Å². The molecule has 0 saturated heterocycles. The largest absolute Gasteiger partial charge is 0.444 e. The first-order valence-electron chi connectivity index (χ1n) is 6.59. The Morgan fingerprint density at radius 2 is 1.55 bits per heavy atom. The number of rotatable bonds is 6. The third kappa shape index (κ3) is 8.24. The van der Waals surface area contributed by atoms with Crippen LogP contribution >= 0.6 is 0 Å². The van der Waals surface area contributed by atoms with Crippen LogP contribution in [0.3, 0.4) is 0 Å². The van der Waals surface area contributed by atoms with Crippen molar-refractivity contribution < 1.29 is 22.7 Å². The lowest BCUT2D eigenvalue weighted by molar-refractivity contribution is -0.213. The first-order valence-corrected chi connectivity index (χ1v) is 6.59. The fourth-order valence-electron chi connectivity index (χ4n) is 1.23. The minimum Gasteiger partial charge on any atom is -0.444 e. The summed E-state index contributed by atoms with van der Waals surface area (Å²) in [4.78, 5) is 11.3. The molecule has 0 aromatic rings. The van der Waals surface area contributed by atoms with E-state index in [2.05, 4.69) is 10.6 Å². The van der Waals surface area contributed by atoms with Gasteiger partial charge in [0.15, 0.2) is 0 Å². The van der Waals surface area contributed by atoms with E-state index in [1.165, 1.54) is 13.8 Å². The van der Waals surface area contributed by atoms with E-state index < -0.39 is 23.3 Å². The second-order valence-electron chi connectivity index (χ2n) is 6.31. The molecule has 0 spiro atoms. The van der Waals surface area contributed by atoms with Crippen molar-refractivity contribution in [2.24, 2.45) is 5.41 Å². The van der Waals surface area contributed by atoms with Gasteiger partial charge in [-0.1, -0.05) is 13.8 Å². The summed E-state index contributed by atoms with van der Waals surface area (Å²) in [5, 5.41) is 5.38. The van der Waals surface area contributed by atoms with Gasteiger partial charge in [-0.2, -0.15) is 13.2 Å². The van der Waals surface area contributed by atoms with Crippen molar-refractivity contribution in [2.75, 3.05) is 19.6 Å². The van der Waals surface area contributed by atoms with E-state index in [1.54, 1.807) is 20.8 Å². The number of alkyl carbamates (subject to hydrolysis) is 1. The molecular weight excluding hydrogens is 273 g/mol. The van der Waals surface area contributed by atoms with Gasteiger partial charge in [0.1, 0.15) is 5.60 Å². The molecule has 0 bridgehead atoms. The van der Waals surface area contributed by atoms with Gasteiger partial charge in [-0.25, -0.2) is 4.79 Å². The fraction of sp³-hybridized carbons (Fsp3) is 0.923. The number of carbonyl (C=O) groups excluding carboxylic acids is 1. The van der Waals surface area contributed by atoms with E-state index in [0.717, 1.165) is 0 Å². The number of hydrogen-bond donors (Lipinski definition) is 2. The van der Waals surface area contributed by atoms with Crippen molar-refractivity contribution in [3.05, 3.63) is 0 Å². The molecule has 0 radical (unpaired) electrons. The molecule has 1 amide bonds. The highest BCUT2D eigenvalue weighted by atomic mass is 19.4. The zero-order valence-electron chi connectivity index (χ0n) is 12.8. The van der Waals surface area contributed by atoms with E-state index >= 15 is 0 Å². The standard InChI is InChI=1S/C13H25F3N2O2/c1-11(2,3)20-10(19)18-9-8-17-7-6-12(4,5)13(14,15)16/h17H,6-9H2,1-5H3,(H,18,19). The molecule has 4 nitrogen and oxygen atoms in total. The number of ether oxygens (including phenoxy) is 1. The first-order chi connectivity index (χ1) is 8.85. The van der Waals surface area contributed by atoms with E-state index in [9.17, 15) is 18.0 Å². The molecule has 0 aliphatic rings. The topological polar surface area (TPSA) is 50.4 Å². The van der Waals surface area contributed by atoms with Gasteiger partial charge in [0, 0.05) is 13.1 Å². The summed E-state index contributed by atoms with van der Waals surface area (Å²) in [5.41, 5.74) is -2.27. The molecule has 0 unspecified atom stereocenters. The Balaban J connectivity index is 3.72. The molecule has 120 valence electrons. The lowest BCUT2D eigenvalue weighted by Crippen LogP contribution is -2.38. The number of nitrogens with one attached hydrogen (secondary N) is 2. The molecule has 0 aliphatic carbocycles. The van der Waals surface area contributed by atoms with Crippen molar-refractivity contribution in [1.29, 1.82) is 0 Å². The Bertz CT molecular complexity index is 310. The highest BCUT2D eigenvalue weighted by Crippen LogP contribution is 2.39. The highest BCUT2D eigenvalue weighted by molar-refractivity contribution is 5.67. The van der Waals surface area contributed by atoms with E-state index in [-0.39, 0.29) is 13.0 Å². The number of halogens is 3. The summed E-state index contributed by atoms with van der Waals surface area (Å²) in [7, 11) is 0. The molecule has 0 aliphatic heterocycles. The molecule has 0 saturated carbocycles. The van der Waals surface area contributed by atoms with Gasteiger partial charge in [-0.15, -0.1) is 0 Å². The predicted octanol–water partition coefficient (Wildman–Crippen LogP) is 3.08. The maximum absolute atomic E-state index is 12.6. The molecule has 0 fully saturated rings. The van der Waals surface area contributed by atoms with Crippen LogP contribution in [0.25, 0.3) is 0 Å². The van der Waals surface area contributed by atoms with Crippen LogP contribution in [0.4, 0.5) is 18.0 Å². The lowest BCUT2D eigenvalue weighted by atomic mass is 9.88. The number of carbonyl (C=O) groups is 1. The quantitative estimate of drug-likeness (QED) is 0.741. The van der Waals surface area contributed by atoms with Crippen LogP contribution in [0.15, 0.2) is 0 Å². The first kappa shape index (κ1) is 19.0. The molecular formula is C13H25F3N2O2. The summed E-state index contributed by atoms with van der Waals surface area (Å²) in [6, 6.07) is 0. The maximum atomic E-state index is 12.6. The van der Waals surface area contributed by atoms with Crippen molar-refractivity contribution in [3.8, 4) is 0 Å². The van der Waals surface area contributed by atoms with E-state index in [4.69, 9.17) is 4.74 Å². The van der Waals surface area contributed by atoms with Gasteiger partial charge >= 0.3 is 12.3 Å². The molecule has 0 aromatic carbocycles. The summed E-state index contributed by atoms with van der Waals surface area (Å²) in [6.07, 6.45) is -4.75. The SMILES string of the molecule is CC(C)(C)OC(=O)NCCNCCC(C)(C)C(F)(F)F. The van der Waals surface area contributed by atoms with Crippen LogP contribution in [-0.2, 0) is 4.74 Å². The normalized spacial score (nSPS) is 13.2. The summed E-state index contributed by atoms with van der Waals surface area (Å²) in [5.74, 6) is 0. The predicted molar refractivity (Wildman–Crippen MR) is 71.6 cm³/mol. The van der Waals surface area contributed by atoms with Crippen molar-refractivity contribution in [1.82, 2.24) is 10.6 Å². The third-order valence-corrected chi connectivity index (χ3v) is 2.66. The van der Waals surface area contributed by atoms with Crippen LogP contribution < -0.4 is 10.6 Å². The van der Waals surface area contributed by atoms with Crippen molar-refractivity contribution >= 4 is 6.09 Å². The summed E-state index contributed by atoms with van der Waals surface area (Å²) >= 11 is 0. The van der Waals surface area contributed by atoms with Gasteiger partial charge in [0.05, 0.1) is 5.41 Å². The molecule has 2 N–H and O–H groups in total. The fourth-order valence-corrected chi connectivity index (χ4v) is 1.23. The average molecular weight is 298 g/mol. The molecule has 0 aromatic heterocycles. The van der Waals surface area contributed by atoms with Gasteiger partial charge in [-0.3, -0.25) is 0 Å². The molecule has 0 atom stereocenters. The molecule has 20 heavy (non-hydrogen) atoms. The Hall–Kier alpha value is -0.980. The van der Waals surface area contributed by atoms with Gasteiger partial charge in [0.25, 0.3) is 0 Å². The Morgan fingerprint density at radius 1 is 1.00 bits per heavy atom. The van der Waals surface area contributed by atoms with Gasteiger partial charge < -0.3 is 15.4 Å². The maximum Gasteiger partial charge on any atom is 0.407 e. The Morgan fingerprint density at radius 3 is 2.00 bits per heavy atom. The van der Waals surface area contributed by atoms with Crippen molar-refractivity contribution in [3.63, 3.8) is 0 Å². The van der Waals surface area contributed by atoms with E-state index in [1.807, 2.05) is 0 Å². The van der Waals surface area contributed by atoms with Gasteiger partial charge in [-0.05, 0) is 33.7 Å². The van der Waals surface area contributed by atoms with Crippen LogP contribution in [0, 0.1) is 5.41 Å². The molecule has 0 heterocycles. The Kier molecular flexibility index (Phi) is 6.80. The van der Waals surface area contributed by atoms with Crippen LogP contribution in [0.5, 0.6) is 0 Å². The smallest absolute Gasteiger partial charge is 0.407 e. The number of hydrogen-bond acceptors (Lipinski definition) is 3. The second kappa shape index (κ2) is 7.15.